The van der Waals surface area contributed by atoms with E-state index < -0.39 is 28.5 Å². The van der Waals surface area contributed by atoms with Crippen LogP contribution < -0.4 is 19.1 Å². The van der Waals surface area contributed by atoms with Crippen LogP contribution in [0.5, 0.6) is 11.5 Å². The van der Waals surface area contributed by atoms with Gasteiger partial charge >= 0.3 is 0 Å². The molecule has 1 atom stereocenters. The van der Waals surface area contributed by atoms with Crippen molar-refractivity contribution in [1.82, 2.24) is 10.2 Å². The number of anilines is 1. The molecule has 41 heavy (non-hydrogen) atoms. The molecule has 0 radical (unpaired) electrons. The molecule has 0 saturated heterocycles. The molecule has 0 saturated carbocycles. The van der Waals surface area contributed by atoms with Crippen molar-refractivity contribution in [1.29, 1.82) is 0 Å². The smallest absolute Gasteiger partial charge is 0.244 e. The summed E-state index contributed by atoms with van der Waals surface area (Å²) in [4.78, 5) is 29.2. The number of fused-ring (bicyclic) bond motifs is 1. The lowest BCUT2D eigenvalue weighted by molar-refractivity contribution is -0.140. The third kappa shape index (κ3) is 8.23. The third-order valence-electron chi connectivity index (χ3n) is 6.64. The standard InChI is InChI=1S/C31H37N3O6S/c1-23(2)20-32-31(36)27(18-24-10-6-4-7-11-24)33(21-25-12-8-5-9-13-25)30(35)22-34(41(3,37)38)26-14-15-28-29(19-26)40-17-16-39-28/h4-15,19,23,27H,16-18,20-22H2,1-3H3,(H,32,36)/t27-/m0/s1. The van der Waals surface area contributed by atoms with Crippen LogP contribution in [0.1, 0.15) is 25.0 Å². The summed E-state index contributed by atoms with van der Waals surface area (Å²) in [5, 5.41) is 2.98. The maximum atomic E-state index is 14.1. The van der Waals surface area contributed by atoms with E-state index >= 15 is 0 Å². The number of hydrogen-bond donors (Lipinski definition) is 1. The fourth-order valence-electron chi connectivity index (χ4n) is 4.56. The number of rotatable bonds is 12. The van der Waals surface area contributed by atoms with Gasteiger partial charge in [-0.05, 0) is 29.2 Å². The number of nitrogens with zero attached hydrogens (tertiary/aromatic N) is 2. The van der Waals surface area contributed by atoms with Crippen LogP contribution in [0.15, 0.2) is 78.9 Å². The number of carbonyl (C=O) groups is 2. The van der Waals surface area contributed by atoms with Gasteiger partial charge in [0.25, 0.3) is 0 Å². The Balaban J connectivity index is 1.70. The van der Waals surface area contributed by atoms with Crippen LogP contribution in [-0.4, -0.2) is 63.7 Å². The Hall–Kier alpha value is -4.05. The van der Waals surface area contributed by atoms with Gasteiger partial charge in [-0.3, -0.25) is 13.9 Å². The number of benzene rings is 3. The van der Waals surface area contributed by atoms with Crippen molar-refractivity contribution in [2.45, 2.75) is 32.9 Å². The predicted octanol–water partition coefficient (Wildman–Crippen LogP) is 3.64. The number of carbonyl (C=O) groups excluding carboxylic acids is 2. The molecule has 1 N–H and O–H groups in total. The summed E-state index contributed by atoms with van der Waals surface area (Å²) in [6.07, 6.45) is 1.32. The predicted molar refractivity (Wildman–Crippen MR) is 158 cm³/mol. The van der Waals surface area contributed by atoms with Crippen LogP contribution in [0.25, 0.3) is 0 Å². The van der Waals surface area contributed by atoms with E-state index in [1.165, 1.54) is 4.90 Å². The van der Waals surface area contributed by atoms with Crippen LogP contribution in [0.2, 0.25) is 0 Å². The second kappa shape index (κ2) is 13.5. The summed E-state index contributed by atoms with van der Waals surface area (Å²) in [6, 6.07) is 22.7. The highest BCUT2D eigenvalue weighted by Crippen LogP contribution is 2.34. The molecule has 10 heteroatoms. The molecule has 2 amide bonds. The molecule has 3 aromatic rings. The van der Waals surface area contributed by atoms with Gasteiger partial charge < -0.3 is 19.7 Å². The van der Waals surface area contributed by atoms with E-state index in [9.17, 15) is 18.0 Å². The van der Waals surface area contributed by atoms with Gasteiger partial charge in [0.15, 0.2) is 11.5 Å². The van der Waals surface area contributed by atoms with E-state index in [1.807, 2.05) is 74.5 Å². The van der Waals surface area contributed by atoms with Crippen molar-refractivity contribution in [3.05, 3.63) is 90.0 Å². The zero-order valence-corrected chi connectivity index (χ0v) is 24.5. The first-order valence-electron chi connectivity index (χ1n) is 13.6. The second-order valence-corrected chi connectivity index (χ2v) is 12.4. The van der Waals surface area contributed by atoms with Crippen molar-refractivity contribution in [3.8, 4) is 11.5 Å². The van der Waals surface area contributed by atoms with Gasteiger partial charge in [-0.25, -0.2) is 8.42 Å². The van der Waals surface area contributed by atoms with Crippen molar-refractivity contribution < 1.29 is 27.5 Å². The van der Waals surface area contributed by atoms with Crippen LogP contribution in [-0.2, 0) is 32.6 Å². The molecule has 1 heterocycles. The van der Waals surface area contributed by atoms with E-state index in [0.29, 0.717) is 31.3 Å². The fraction of sp³-hybridized carbons (Fsp3) is 0.355. The average Bonchev–Trinajstić information content (AvgIpc) is 2.96. The Morgan fingerprint density at radius 2 is 1.49 bits per heavy atom. The maximum absolute atomic E-state index is 14.1. The highest BCUT2D eigenvalue weighted by Gasteiger charge is 2.33. The Bertz CT molecular complexity index is 1430. The summed E-state index contributed by atoms with van der Waals surface area (Å²) < 4.78 is 38.2. The summed E-state index contributed by atoms with van der Waals surface area (Å²) in [6.45, 7) is 4.82. The Kier molecular flexibility index (Phi) is 9.88. The van der Waals surface area contributed by atoms with Crippen molar-refractivity contribution in [2.75, 3.05) is 36.9 Å². The van der Waals surface area contributed by atoms with Gasteiger partial charge in [0, 0.05) is 25.6 Å². The topological polar surface area (TPSA) is 105 Å². The van der Waals surface area contributed by atoms with Crippen LogP contribution in [0.4, 0.5) is 5.69 Å². The quantitative estimate of drug-likeness (QED) is 0.351. The van der Waals surface area contributed by atoms with Crippen molar-refractivity contribution in [2.24, 2.45) is 5.92 Å². The van der Waals surface area contributed by atoms with Gasteiger partial charge in [0.1, 0.15) is 25.8 Å². The Labute approximate surface area is 242 Å². The third-order valence-corrected chi connectivity index (χ3v) is 7.78. The summed E-state index contributed by atoms with van der Waals surface area (Å²) >= 11 is 0. The highest BCUT2D eigenvalue weighted by molar-refractivity contribution is 7.92. The zero-order valence-electron chi connectivity index (χ0n) is 23.7. The largest absolute Gasteiger partial charge is 0.486 e. The van der Waals surface area contributed by atoms with Crippen LogP contribution in [0, 0.1) is 5.92 Å². The van der Waals surface area contributed by atoms with Gasteiger partial charge in [0.2, 0.25) is 21.8 Å². The first-order chi connectivity index (χ1) is 19.6. The van der Waals surface area contributed by atoms with Gasteiger partial charge in [-0.1, -0.05) is 74.5 Å². The highest BCUT2D eigenvalue weighted by atomic mass is 32.2. The minimum atomic E-state index is -3.88. The van der Waals surface area contributed by atoms with E-state index in [1.54, 1.807) is 18.2 Å². The molecule has 218 valence electrons. The Morgan fingerprint density at radius 1 is 0.878 bits per heavy atom. The number of nitrogens with one attached hydrogen (secondary N) is 1. The first-order valence-corrected chi connectivity index (χ1v) is 15.5. The molecule has 0 fully saturated rings. The number of amides is 2. The first kappa shape index (κ1) is 29.9. The van der Waals surface area contributed by atoms with E-state index in [-0.39, 0.29) is 30.5 Å². The lowest BCUT2D eigenvalue weighted by Gasteiger charge is -2.34. The molecule has 0 unspecified atom stereocenters. The summed E-state index contributed by atoms with van der Waals surface area (Å²) in [5.74, 6) is 0.332. The number of ether oxygens (including phenoxy) is 2. The lowest BCUT2D eigenvalue weighted by Crippen LogP contribution is -2.53. The molecule has 0 spiro atoms. The van der Waals surface area contributed by atoms with Gasteiger partial charge in [-0.2, -0.15) is 0 Å². The minimum Gasteiger partial charge on any atom is -0.486 e. The molecular formula is C31H37N3O6S. The number of sulfonamides is 1. The minimum absolute atomic E-state index is 0.130. The molecule has 4 rings (SSSR count). The van der Waals surface area contributed by atoms with Crippen LogP contribution in [0.3, 0.4) is 0 Å². The van der Waals surface area contributed by atoms with Crippen LogP contribution >= 0.6 is 0 Å². The summed E-state index contributed by atoms with van der Waals surface area (Å²) in [7, 11) is -3.88. The molecule has 0 aliphatic carbocycles. The SMILES string of the molecule is CC(C)CNC(=O)[C@H](Cc1ccccc1)N(Cc1ccccc1)C(=O)CN(c1ccc2c(c1)OCCO2)S(C)(=O)=O. The molecule has 1 aliphatic heterocycles. The second-order valence-electron chi connectivity index (χ2n) is 10.4. The molecule has 0 bridgehead atoms. The maximum Gasteiger partial charge on any atom is 0.244 e. The summed E-state index contributed by atoms with van der Waals surface area (Å²) in [5.41, 5.74) is 1.98. The van der Waals surface area contributed by atoms with E-state index in [0.717, 1.165) is 21.7 Å². The fourth-order valence-corrected chi connectivity index (χ4v) is 5.40. The Morgan fingerprint density at radius 3 is 2.10 bits per heavy atom. The van der Waals surface area contributed by atoms with Gasteiger partial charge in [-0.15, -0.1) is 0 Å². The average molecular weight is 580 g/mol. The van der Waals surface area contributed by atoms with Gasteiger partial charge in [0.05, 0.1) is 11.9 Å². The number of hydrogen-bond acceptors (Lipinski definition) is 6. The van der Waals surface area contributed by atoms with E-state index in [4.69, 9.17) is 9.47 Å². The lowest BCUT2D eigenvalue weighted by atomic mass is 10.0. The molecule has 3 aromatic carbocycles. The molecule has 1 aliphatic rings. The molecule has 0 aromatic heterocycles. The molecular weight excluding hydrogens is 542 g/mol. The van der Waals surface area contributed by atoms with Crippen molar-refractivity contribution in [3.63, 3.8) is 0 Å². The molecule has 9 nitrogen and oxygen atoms in total. The van der Waals surface area contributed by atoms with E-state index in [2.05, 4.69) is 5.32 Å². The normalized spacial score (nSPS) is 13.4. The van der Waals surface area contributed by atoms with Crippen molar-refractivity contribution >= 4 is 27.5 Å². The zero-order chi connectivity index (χ0) is 29.4. The monoisotopic (exact) mass is 579 g/mol.